The molecule has 1 aliphatic heterocycles. The van der Waals surface area contributed by atoms with Gasteiger partial charge in [-0.3, -0.25) is 0 Å². The standard InChI is InChI=1S/C21H25FN6O/c1-12-3-6-15(25-21(12)26-16-10-23-8-7-14(16)22)17-11-24-19-9-18(29-2)20(13-4-5-13)27-28(17)19/h3,6,9,11,13-14,16,23H,4-5,7-8,10H2,1-2H3,(H,25,26)/t14-,16-/m0/s1. The number of alkyl halides is 1. The third-order valence-electron chi connectivity index (χ3n) is 5.75. The van der Waals surface area contributed by atoms with Gasteiger partial charge in [-0.15, -0.1) is 0 Å². The van der Waals surface area contributed by atoms with Crippen molar-refractivity contribution < 1.29 is 9.13 Å². The van der Waals surface area contributed by atoms with Crippen molar-refractivity contribution in [2.45, 2.75) is 44.3 Å². The molecule has 0 amide bonds. The lowest BCUT2D eigenvalue weighted by Crippen LogP contribution is -2.46. The number of pyridine rings is 1. The van der Waals surface area contributed by atoms with Gasteiger partial charge in [0.05, 0.1) is 25.0 Å². The van der Waals surface area contributed by atoms with E-state index in [2.05, 4.69) is 15.6 Å². The molecule has 0 spiro atoms. The molecule has 0 radical (unpaired) electrons. The van der Waals surface area contributed by atoms with Gasteiger partial charge in [-0.05, 0) is 44.4 Å². The van der Waals surface area contributed by atoms with E-state index in [1.165, 1.54) is 0 Å². The fourth-order valence-corrected chi connectivity index (χ4v) is 3.85. The van der Waals surface area contributed by atoms with Crippen molar-refractivity contribution in [3.63, 3.8) is 0 Å². The molecule has 2 atom stereocenters. The molecular weight excluding hydrogens is 371 g/mol. The van der Waals surface area contributed by atoms with Crippen molar-refractivity contribution in [3.8, 4) is 17.1 Å². The summed E-state index contributed by atoms with van der Waals surface area (Å²) in [5.41, 5.74) is 4.24. The Bertz CT molecular complexity index is 1050. The number of aryl methyl sites for hydroxylation is 1. The number of nitrogens with zero attached hydrogens (tertiary/aromatic N) is 4. The summed E-state index contributed by atoms with van der Waals surface area (Å²) in [6.45, 7) is 3.28. The number of imidazole rings is 1. The summed E-state index contributed by atoms with van der Waals surface area (Å²) in [6.07, 6.45) is 3.68. The molecule has 1 aliphatic carbocycles. The molecule has 7 nitrogen and oxygen atoms in total. The van der Waals surface area contributed by atoms with E-state index in [-0.39, 0.29) is 6.04 Å². The number of halogens is 1. The quantitative estimate of drug-likeness (QED) is 0.690. The lowest BCUT2D eigenvalue weighted by molar-refractivity contribution is 0.241. The Balaban J connectivity index is 1.52. The molecule has 3 aromatic rings. The number of nitrogens with one attached hydrogen (secondary N) is 2. The Hall–Kier alpha value is -2.74. The second kappa shape index (κ2) is 7.26. The van der Waals surface area contributed by atoms with Gasteiger partial charge in [-0.2, -0.15) is 5.10 Å². The summed E-state index contributed by atoms with van der Waals surface area (Å²) in [6, 6.07) is 5.60. The number of anilines is 1. The first-order valence-electron chi connectivity index (χ1n) is 10.2. The minimum absolute atomic E-state index is 0.281. The van der Waals surface area contributed by atoms with Crippen LogP contribution in [0.5, 0.6) is 5.75 Å². The van der Waals surface area contributed by atoms with E-state index in [0.717, 1.165) is 46.9 Å². The molecule has 2 fully saturated rings. The van der Waals surface area contributed by atoms with Crippen molar-refractivity contribution >= 4 is 11.5 Å². The summed E-state index contributed by atoms with van der Waals surface area (Å²) < 4.78 is 21.6. The maximum atomic E-state index is 14.3. The molecule has 2 aliphatic rings. The molecule has 0 aromatic carbocycles. The highest BCUT2D eigenvalue weighted by Gasteiger charge is 2.30. The summed E-state index contributed by atoms with van der Waals surface area (Å²) in [4.78, 5) is 9.28. The molecule has 152 valence electrons. The van der Waals surface area contributed by atoms with Gasteiger partial charge in [0.15, 0.2) is 5.65 Å². The lowest BCUT2D eigenvalue weighted by atomic mass is 10.1. The van der Waals surface area contributed by atoms with Crippen molar-refractivity contribution in [3.05, 3.63) is 35.7 Å². The van der Waals surface area contributed by atoms with Crippen LogP contribution in [0.2, 0.25) is 0 Å². The first-order valence-corrected chi connectivity index (χ1v) is 10.2. The van der Waals surface area contributed by atoms with Gasteiger partial charge in [0.1, 0.15) is 29.1 Å². The number of ether oxygens (including phenoxy) is 1. The predicted molar refractivity (Wildman–Crippen MR) is 109 cm³/mol. The minimum Gasteiger partial charge on any atom is -0.495 e. The van der Waals surface area contributed by atoms with Crippen LogP contribution in [0.1, 0.15) is 36.4 Å². The molecule has 1 saturated heterocycles. The third-order valence-corrected chi connectivity index (χ3v) is 5.75. The number of hydrogen-bond donors (Lipinski definition) is 2. The number of methoxy groups -OCH3 is 1. The third kappa shape index (κ3) is 3.42. The molecule has 0 bridgehead atoms. The summed E-state index contributed by atoms with van der Waals surface area (Å²) >= 11 is 0. The number of piperidine rings is 1. The van der Waals surface area contributed by atoms with Gasteiger partial charge in [-0.25, -0.2) is 18.9 Å². The first kappa shape index (κ1) is 18.3. The molecule has 2 N–H and O–H groups in total. The average molecular weight is 396 g/mol. The second-order valence-corrected chi connectivity index (χ2v) is 7.91. The van der Waals surface area contributed by atoms with Gasteiger partial charge in [0.2, 0.25) is 0 Å². The van der Waals surface area contributed by atoms with Gasteiger partial charge < -0.3 is 15.4 Å². The van der Waals surface area contributed by atoms with Gasteiger partial charge >= 0.3 is 0 Å². The molecule has 29 heavy (non-hydrogen) atoms. The van der Waals surface area contributed by atoms with E-state index >= 15 is 0 Å². The minimum atomic E-state index is -0.882. The average Bonchev–Trinajstić information content (AvgIpc) is 3.50. The Labute approximate surface area is 168 Å². The summed E-state index contributed by atoms with van der Waals surface area (Å²) in [7, 11) is 1.67. The van der Waals surface area contributed by atoms with E-state index < -0.39 is 6.17 Å². The highest BCUT2D eigenvalue weighted by molar-refractivity contribution is 5.63. The van der Waals surface area contributed by atoms with Crippen LogP contribution < -0.4 is 15.4 Å². The SMILES string of the molecule is COc1cc2ncc(-c3ccc(C)c(N[C@H]4CNCC[C@@H]4F)n3)n2nc1C1CC1. The van der Waals surface area contributed by atoms with Crippen LogP contribution >= 0.6 is 0 Å². The number of fused-ring (bicyclic) bond motifs is 1. The van der Waals surface area contributed by atoms with E-state index in [1.807, 2.05) is 29.6 Å². The van der Waals surface area contributed by atoms with Crippen LogP contribution in [0.25, 0.3) is 17.0 Å². The predicted octanol–water partition coefficient (Wildman–Crippen LogP) is 3.10. The van der Waals surface area contributed by atoms with E-state index in [0.29, 0.717) is 31.2 Å². The second-order valence-electron chi connectivity index (χ2n) is 7.91. The van der Waals surface area contributed by atoms with Crippen LogP contribution in [-0.2, 0) is 0 Å². The van der Waals surface area contributed by atoms with Gasteiger partial charge in [0, 0.05) is 18.5 Å². The highest BCUT2D eigenvalue weighted by atomic mass is 19.1. The molecule has 1 saturated carbocycles. The summed E-state index contributed by atoms with van der Waals surface area (Å²) in [5.74, 6) is 1.94. The van der Waals surface area contributed by atoms with Crippen LogP contribution in [0.4, 0.5) is 10.2 Å². The maximum Gasteiger partial charge on any atom is 0.157 e. The van der Waals surface area contributed by atoms with Crippen molar-refractivity contribution in [1.29, 1.82) is 0 Å². The maximum absolute atomic E-state index is 14.3. The van der Waals surface area contributed by atoms with Gasteiger partial charge in [-0.1, -0.05) is 6.07 Å². The Morgan fingerprint density at radius 2 is 2.14 bits per heavy atom. The Kier molecular flexibility index (Phi) is 4.58. The molecule has 8 heteroatoms. The van der Waals surface area contributed by atoms with Crippen LogP contribution in [-0.4, -0.2) is 52.0 Å². The number of rotatable bonds is 5. The zero-order chi connectivity index (χ0) is 20.0. The smallest absolute Gasteiger partial charge is 0.157 e. The van der Waals surface area contributed by atoms with E-state index in [9.17, 15) is 4.39 Å². The molecular formula is C21H25FN6O. The van der Waals surface area contributed by atoms with Crippen molar-refractivity contribution in [2.24, 2.45) is 0 Å². The molecule has 0 unspecified atom stereocenters. The topological polar surface area (TPSA) is 76.4 Å². The Morgan fingerprint density at radius 3 is 2.90 bits per heavy atom. The van der Waals surface area contributed by atoms with Crippen LogP contribution in [0, 0.1) is 6.92 Å². The largest absolute Gasteiger partial charge is 0.495 e. The van der Waals surface area contributed by atoms with Crippen molar-refractivity contribution in [2.75, 3.05) is 25.5 Å². The zero-order valence-electron chi connectivity index (χ0n) is 16.7. The van der Waals surface area contributed by atoms with Crippen molar-refractivity contribution in [1.82, 2.24) is 24.9 Å². The molecule has 4 heterocycles. The number of aromatic nitrogens is 4. The highest BCUT2D eigenvalue weighted by Crippen LogP contribution is 2.43. The first-order chi connectivity index (χ1) is 14.1. The number of hydrogen-bond acceptors (Lipinski definition) is 6. The van der Waals surface area contributed by atoms with E-state index in [4.69, 9.17) is 14.8 Å². The normalized spacial score (nSPS) is 22.0. The zero-order valence-corrected chi connectivity index (χ0v) is 16.7. The molecule has 5 rings (SSSR count). The lowest BCUT2D eigenvalue weighted by Gasteiger charge is -2.28. The van der Waals surface area contributed by atoms with Crippen LogP contribution in [0.3, 0.4) is 0 Å². The fourth-order valence-electron chi connectivity index (χ4n) is 3.85. The Morgan fingerprint density at radius 1 is 1.28 bits per heavy atom. The van der Waals surface area contributed by atoms with Gasteiger partial charge in [0.25, 0.3) is 0 Å². The summed E-state index contributed by atoms with van der Waals surface area (Å²) in [5, 5.41) is 11.3. The molecule has 3 aromatic heterocycles. The van der Waals surface area contributed by atoms with E-state index in [1.54, 1.807) is 13.3 Å². The fraction of sp³-hybridized carbons (Fsp3) is 0.476. The monoisotopic (exact) mass is 396 g/mol. The van der Waals surface area contributed by atoms with Crippen LogP contribution in [0.15, 0.2) is 24.4 Å².